The highest BCUT2D eigenvalue weighted by atomic mass is 32.2. The van der Waals surface area contributed by atoms with Crippen LogP contribution in [-0.4, -0.2) is 59.2 Å². The molecule has 0 amide bonds. The molecule has 1 N–H and O–H groups in total. The van der Waals surface area contributed by atoms with E-state index >= 15 is 0 Å². The van der Waals surface area contributed by atoms with Gasteiger partial charge in [-0.05, 0) is 81.3 Å². The second-order valence-corrected chi connectivity index (χ2v) is 9.64. The van der Waals surface area contributed by atoms with Crippen molar-refractivity contribution in [2.75, 3.05) is 50.8 Å². The lowest BCUT2D eigenvalue weighted by atomic mass is 10.1. The average molecular weight is 450 g/mol. The van der Waals surface area contributed by atoms with E-state index in [-0.39, 0.29) is 10.7 Å². The summed E-state index contributed by atoms with van der Waals surface area (Å²) in [6, 6.07) is 9.92. The Morgan fingerprint density at radius 3 is 2.23 bits per heavy atom. The molecule has 6 nitrogen and oxygen atoms in total. The summed E-state index contributed by atoms with van der Waals surface area (Å²) in [6.07, 6.45) is 0.741. The summed E-state index contributed by atoms with van der Waals surface area (Å²) in [7, 11) is -3.55. The zero-order chi connectivity index (χ0) is 22.4. The third-order valence-electron chi connectivity index (χ3n) is 5.54. The highest BCUT2D eigenvalue weighted by Gasteiger charge is 2.19. The minimum absolute atomic E-state index is 0.222. The van der Waals surface area contributed by atoms with Crippen LogP contribution in [0.2, 0.25) is 0 Å². The van der Waals surface area contributed by atoms with Gasteiger partial charge >= 0.3 is 0 Å². The van der Waals surface area contributed by atoms with Crippen molar-refractivity contribution in [2.24, 2.45) is 0 Å². The van der Waals surface area contributed by atoms with Gasteiger partial charge in [-0.3, -0.25) is 4.90 Å². The Labute approximate surface area is 185 Å². The molecule has 1 aliphatic heterocycles. The summed E-state index contributed by atoms with van der Waals surface area (Å²) in [4.78, 5) is 4.85. The molecule has 1 saturated heterocycles. The maximum Gasteiger partial charge on any atom is 0.240 e. The van der Waals surface area contributed by atoms with Crippen LogP contribution in [0, 0.1) is 19.7 Å². The summed E-state index contributed by atoms with van der Waals surface area (Å²) in [5.41, 5.74) is 2.68. The predicted molar refractivity (Wildman–Crippen MR) is 122 cm³/mol. The van der Waals surface area contributed by atoms with Gasteiger partial charge in [-0.1, -0.05) is 0 Å². The average Bonchev–Trinajstić information content (AvgIpc) is 2.75. The standard InChI is InChI=1S/C23H32FN3O3S/c1-4-30-23-18(2)16-22(17-19(23)3)31(28,29)25-10-5-11-26-12-14-27(15-13-26)21-8-6-20(24)7-9-21/h6-9,16-17,25H,4-5,10-15H2,1-3H3. The molecule has 0 aromatic heterocycles. The van der Waals surface area contributed by atoms with E-state index in [1.807, 2.05) is 32.9 Å². The molecule has 0 bridgehead atoms. The summed E-state index contributed by atoms with van der Waals surface area (Å²) in [5.74, 6) is 0.529. The third-order valence-corrected chi connectivity index (χ3v) is 6.98. The third kappa shape index (κ3) is 6.18. The van der Waals surface area contributed by atoms with Crippen molar-refractivity contribution < 1.29 is 17.5 Å². The van der Waals surface area contributed by atoms with Gasteiger partial charge in [-0.2, -0.15) is 0 Å². The van der Waals surface area contributed by atoms with Gasteiger partial charge in [0, 0.05) is 38.4 Å². The molecule has 8 heteroatoms. The minimum Gasteiger partial charge on any atom is -0.493 e. The molecule has 1 aliphatic rings. The Hall–Kier alpha value is -2.16. The Balaban J connectivity index is 1.45. The van der Waals surface area contributed by atoms with Gasteiger partial charge < -0.3 is 9.64 Å². The molecule has 0 spiro atoms. The van der Waals surface area contributed by atoms with E-state index in [9.17, 15) is 12.8 Å². The van der Waals surface area contributed by atoms with Crippen molar-refractivity contribution in [1.82, 2.24) is 9.62 Å². The highest BCUT2D eigenvalue weighted by Crippen LogP contribution is 2.26. The molecule has 2 aromatic carbocycles. The summed E-state index contributed by atoms with van der Waals surface area (Å²) < 4.78 is 46.8. The first kappa shape index (κ1) is 23.5. The fourth-order valence-corrected chi connectivity index (χ4v) is 5.16. The lowest BCUT2D eigenvalue weighted by Gasteiger charge is -2.36. The molecular formula is C23H32FN3O3S. The first-order valence-corrected chi connectivity index (χ1v) is 12.2. The van der Waals surface area contributed by atoms with Crippen LogP contribution in [0.15, 0.2) is 41.3 Å². The number of nitrogens with one attached hydrogen (secondary N) is 1. The van der Waals surface area contributed by atoms with Crippen molar-refractivity contribution in [1.29, 1.82) is 0 Å². The van der Waals surface area contributed by atoms with Crippen LogP contribution in [0.4, 0.5) is 10.1 Å². The number of hydrogen-bond acceptors (Lipinski definition) is 5. The Bertz CT molecular complexity index is 949. The van der Waals surface area contributed by atoms with Crippen molar-refractivity contribution in [3.8, 4) is 5.75 Å². The van der Waals surface area contributed by atoms with Crippen molar-refractivity contribution in [3.63, 3.8) is 0 Å². The van der Waals surface area contributed by atoms with E-state index < -0.39 is 10.0 Å². The summed E-state index contributed by atoms with van der Waals surface area (Å²) in [6.45, 7) is 11.0. The SMILES string of the molecule is CCOc1c(C)cc(S(=O)(=O)NCCCN2CCN(c3ccc(F)cc3)CC2)cc1C. The number of hydrogen-bond donors (Lipinski definition) is 1. The molecule has 0 unspecified atom stereocenters. The fraction of sp³-hybridized carbons (Fsp3) is 0.478. The van der Waals surface area contributed by atoms with Crippen LogP contribution in [0.5, 0.6) is 5.75 Å². The van der Waals surface area contributed by atoms with Crippen LogP contribution in [-0.2, 0) is 10.0 Å². The molecule has 170 valence electrons. The van der Waals surface area contributed by atoms with E-state index in [0.29, 0.717) is 13.2 Å². The van der Waals surface area contributed by atoms with Crippen LogP contribution >= 0.6 is 0 Å². The lowest BCUT2D eigenvalue weighted by molar-refractivity contribution is 0.255. The van der Waals surface area contributed by atoms with E-state index in [0.717, 1.165) is 61.7 Å². The Morgan fingerprint density at radius 1 is 1.03 bits per heavy atom. The Morgan fingerprint density at radius 2 is 1.65 bits per heavy atom. The number of rotatable bonds is 9. The van der Waals surface area contributed by atoms with Gasteiger partial charge in [-0.15, -0.1) is 0 Å². The zero-order valence-electron chi connectivity index (χ0n) is 18.5. The second-order valence-electron chi connectivity index (χ2n) is 7.88. The normalized spacial score (nSPS) is 15.3. The van der Waals surface area contributed by atoms with Crippen molar-refractivity contribution >= 4 is 15.7 Å². The van der Waals surface area contributed by atoms with Crippen LogP contribution in [0.3, 0.4) is 0 Å². The van der Waals surface area contributed by atoms with E-state index in [1.165, 1.54) is 12.1 Å². The van der Waals surface area contributed by atoms with Crippen molar-refractivity contribution in [2.45, 2.75) is 32.1 Å². The van der Waals surface area contributed by atoms with Gasteiger partial charge in [0.1, 0.15) is 11.6 Å². The largest absolute Gasteiger partial charge is 0.493 e. The smallest absolute Gasteiger partial charge is 0.240 e. The number of sulfonamides is 1. The molecule has 0 radical (unpaired) electrons. The Kier molecular flexibility index (Phi) is 7.91. The predicted octanol–water partition coefficient (Wildman–Crippen LogP) is 3.33. The number of halogens is 1. The van der Waals surface area contributed by atoms with E-state index in [2.05, 4.69) is 14.5 Å². The van der Waals surface area contributed by atoms with Crippen LogP contribution in [0.1, 0.15) is 24.5 Å². The zero-order valence-corrected chi connectivity index (χ0v) is 19.3. The first-order chi connectivity index (χ1) is 14.8. The molecular weight excluding hydrogens is 417 g/mol. The van der Waals surface area contributed by atoms with Gasteiger partial charge in [-0.25, -0.2) is 17.5 Å². The summed E-state index contributed by atoms with van der Waals surface area (Å²) >= 11 is 0. The molecule has 1 heterocycles. The van der Waals surface area contributed by atoms with Gasteiger partial charge in [0.05, 0.1) is 11.5 Å². The maximum atomic E-state index is 13.1. The molecule has 2 aromatic rings. The van der Waals surface area contributed by atoms with E-state index in [1.54, 1.807) is 12.1 Å². The number of anilines is 1. The van der Waals surface area contributed by atoms with E-state index in [4.69, 9.17) is 4.74 Å². The van der Waals surface area contributed by atoms with Crippen molar-refractivity contribution in [3.05, 3.63) is 53.3 Å². The van der Waals surface area contributed by atoms with Crippen LogP contribution < -0.4 is 14.4 Å². The minimum atomic E-state index is -3.55. The number of aryl methyl sites for hydroxylation is 2. The first-order valence-electron chi connectivity index (χ1n) is 10.8. The fourth-order valence-electron chi connectivity index (χ4n) is 3.91. The lowest BCUT2D eigenvalue weighted by Crippen LogP contribution is -2.47. The van der Waals surface area contributed by atoms with Crippen LogP contribution in [0.25, 0.3) is 0 Å². The topological polar surface area (TPSA) is 61.9 Å². The maximum absolute atomic E-state index is 13.1. The summed E-state index contributed by atoms with van der Waals surface area (Å²) in [5, 5.41) is 0. The second kappa shape index (κ2) is 10.4. The molecule has 0 atom stereocenters. The highest BCUT2D eigenvalue weighted by molar-refractivity contribution is 7.89. The molecule has 0 saturated carbocycles. The van der Waals surface area contributed by atoms with Gasteiger partial charge in [0.15, 0.2) is 0 Å². The molecule has 3 rings (SSSR count). The number of piperazine rings is 1. The van der Waals surface area contributed by atoms with Gasteiger partial charge in [0.2, 0.25) is 10.0 Å². The number of nitrogens with zero attached hydrogens (tertiary/aromatic N) is 2. The quantitative estimate of drug-likeness (QED) is 0.595. The molecule has 31 heavy (non-hydrogen) atoms. The molecule has 0 aliphatic carbocycles. The monoisotopic (exact) mass is 449 g/mol. The molecule has 1 fully saturated rings. The van der Waals surface area contributed by atoms with Gasteiger partial charge in [0.25, 0.3) is 0 Å². The number of benzene rings is 2. The number of ether oxygens (including phenoxy) is 1.